The minimum Gasteiger partial charge on any atom is -0.315 e. The van der Waals surface area contributed by atoms with Gasteiger partial charge in [0.25, 0.3) is 0 Å². The molecule has 0 aliphatic carbocycles. The molecule has 5 heteroatoms. The number of para-hydroxylation sites is 1. The Bertz CT molecular complexity index is 988. The number of hydrogen-bond donors (Lipinski definition) is 1. The van der Waals surface area contributed by atoms with E-state index in [4.69, 9.17) is 17.3 Å². The summed E-state index contributed by atoms with van der Waals surface area (Å²) in [6, 6.07) is 20.1. The topological polar surface area (TPSA) is 46.5 Å². The number of nitrogens with zero attached hydrogens (tertiary/aromatic N) is 3. The molecular formula is C17H12N4S. The molecule has 4 aromatic rings. The molecule has 22 heavy (non-hydrogen) atoms. The molecule has 106 valence electrons. The summed E-state index contributed by atoms with van der Waals surface area (Å²) in [5.41, 5.74) is 3.77. The van der Waals surface area contributed by atoms with E-state index in [1.165, 1.54) is 0 Å². The molecular weight excluding hydrogens is 292 g/mol. The van der Waals surface area contributed by atoms with Crippen molar-refractivity contribution in [3.8, 4) is 16.9 Å². The Balaban J connectivity index is 2.06. The molecule has 0 atom stereocenters. The van der Waals surface area contributed by atoms with Crippen molar-refractivity contribution in [2.75, 3.05) is 0 Å². The lowest BCUT2D eigenvalue weighted by Gasteiger charge is -2.01. The molecule has 0 amide bonds. The molecule has 0 aliphatic rings. The Labute approximate surface area is 132 Å². The molecule has 2 heterocycles. The Morgan fingerprint density at radius 2 is 1.59 bits per heavy atom. The summed E-state index contributed by atoms with van der Waals surface area (Å²) in [4.78, 5) is 7.36. The number of fused-ring (bicyclic) bond motifs is 1. The molecule has 0 radical (unpaired) electrons. The molecule has 4 nitrogen and oxygen atoms in total. The molecule has 0 saturated heterocycles. The van der Waals surface area contributed by atoms with Crippen molar-refractivity contribution >= 4 is 23.3 Å². The monoisotopic (exact) mass is 304 g/mol. The number of aromatic nitrogens is 4. The van der Waals surface area contributed by atoms with Crippen LogP contribution in [0, 0.1) is 4.77 Å². The average Bonchev–Trinajstić information content (AvgIpc) is 2.95. The predicted octanol–water partition coefficient (Wildman–Crippen LogP) is 4.15. The van der Waals surface area contributed by atoms with Gasteiger partial charge in [-0.3, -0.25) is 0 Å². The fourth-order valence-electron chi connectivity index (χ4n) is 2.49. The third-order valence-electron chi connectivity index (χ3n) is 3.51. The van der Waals surface area contributed by atoms with Gasteiger partial charge in [-0.2, -0.15) is 5.10 Å². The largest absolute Gasteiger partial charge is 0.315 e. The molecule has 0 aliphatic heterocycles. The first-order valence-electron chi connectivity index (χ1n) is 6.92. The van der Waals surface area contributed by atoms with Crippen LogP contribution in [0.2, 0.25) is 0 Å². The van der Waals surface area contributed by atoms with Gasteiger partial charge >= 0.3 is 0 Å². The van der Waals surface area contributed by atoms with Gasteiger partial charge in [0.15, 0.2) is 4.77 Å². The summed E-state index contributed by atoms with van der Waals surface area (Å²) in [5, 5.41) is 5.72. The van der Waals surface area contributed by atoms with Crippen LogP contribution in [-0.2, 0) is 0 Å². The summed E-state index contributed by atoms with van der Waals surface area (Å²) in [7, 11) is 0. The summed E-state index contributed by atoms with van der Waals surface area (Å²) in [6.07, 6.45) is 1.78. The van der Waals surface area contributed by atoms with E-state index in [0.29, 0.717) is 4.77 Å². The molecule has 2 aromatic heterocycles. The van der Waals surface area contributed by atoms with Crippen LogP contribution in [0.15, 0.2) is 66.9 Å². The van der Waals surface area contributed by atoms with E-state index in [9.17, 15) is 0 Å². The zero-order valence-electron chi connectivity index (χ0n) is 11.6. The number of nitrogens with one attached hydrogen (secondary N) is 1. The van der Waals surface area contributed by atoms with Crippen LogP contribution in [0.5, 0.6) is 0 Å². The van der Waals surface area contributed by atoms with Gasteiger partial charge < -0.3 is 4.98 Å². The maximum atomic E-state index is 5.17. The summed E-state index contributed by atoms with van der Waals surface area (Å²) in [6.45, 7) is 0. The standard InChI is InChI=1S/C17H12N4S/c22-17-18-11-14-15(12-7-3-1-4-8-12)20-21(16(14)19-17)13-9-5-2-6-10-13/h1-11H,(H,18,19,22). The van der Waals surface area contributed by atoms with Gasteiger partial charge in [0.2, 0.25) is 0 Å². The van der Waals surface area contributed by atoms with E-state index < -0.39 is 0 Å². The molecule has 0 unspecified atom stereocenters. The Morgan fingerprint density at radius 3 is 2.32 bits per heavy atom. The first kappa shape index (κ1) is 12.9. The zero-order valence-corrected chi connectivity index (χ0v) is 12.4. The Kier molecular flexibility index (Phi) is 3.05. The lowest BCUT2D eigenvalue weighted by Crippen LogP contribution is -1.97. The molecule has 2 aromatic carbocycles. The second-order valence-electron chi connectivity index (χ2n) is 4.91. The van der Waals surface area contributed by atoms with Gasteiger partial charge in [-0.05, 0) is 24.4 Å². The predicted molar refractivity (Wildman–Crippen MR) is 89.5 cm³/mol. The van der Waals surface area contributed by atoms with Crippen LogP contribution in [0.1, 0.15) is 0 Å². The number of rotatable bonds is 2. The van der Waals surface area contributed by atoms with Crippen LogP contribution in [-0.4, -0.2) is 19.7 Å². The molecule has 0 saturated carbocycles. The molecule has 1 N–H and O–H groups in total. The maximum Gasteiger partial charge on any atom is 0.198 e. The highest BCUT2D eigenvalue weighted by atomic mass is 32.1. The third kappa shape index (κ3) is 2.12. The van der Waals surface area contributed by atoms with Crippen LogP contribution in [0.4, 0.5) is 0 Å². The van der Waals surface area contributed by atoms with E-state index in [2.05, 4.69) is 9.97 Å². The molecule has 0 spiro atoms. The quantitative estimate of drug-likeness (QED) is 0.566. The fraction of sp³-hybridized carbons (Fsp3) is 0. The highest BCUT2D eigenvalue weighted by molar-refractivity contribution is 7.71. The van der Waals surface area contributed by atoms with E-state index in [1.54, 1.807) is 6.20 Å². The van der Waals surface area contributed by atoms with Crippen molar-refractivity contribution in [2.45, 2.75) is 0 Å². The average molecular weight is 304 g/mol. The maximum absolute atomic E-state index is 5.17. The van der Waals surface area contributed by atoms with Crippen molar-refractivity contribution in [2.24, 2.45) is 0 Å². The van der Waals surface area contributed by atoms with E-state index in [-0.39, 0.29) is 0 Å². The third-order valence-corrected chi connectivity index (χ3v) is 3.71. The van der Waals surface area contributed by atoms with Gasteiger partial charge in [-0.1, -0.05) is 48.5 Å². The number of aromatic amines is 1. The van der Waals surface area contributed by atoms with Gasteiger partial charge in [0.05, 0.1) is 11.1 Å². The van der Waals surface area contributed by atoms with E-state index in [1.807, 2.05) is 65.3 Å². The summed E-state index contributed by atoms with van der Waals surface area (Å²) < 4.78 is 2.32. The highest BCUT2D eigenvalue weighted by Crippen LogP contribution is 2.27. The number of hydrogen-bond acceptors (Lipinski definition) is 3. The van der Waals surface area contributed by atoms with Gasteiger partial charge in [0, 0.05) is 11.8 Å². The van der Waals surface area contributed by atoms with Crippen LogP contribution in [0.25, 0.3) is 28.0 Å². The summed E-state index contributed by atoms with van der Waals surface area (Å²) >= 11 is 5.17. The normalized spacial score (nSPS) is 10.9. The molecule has 4 rings (SSSR count). The van der Waals surface area contributed by atoms with Crippen molar-refractivity contribution in [1.29, 1.82) is 0 Å². The van der Waals surface area contributed by atoms with Gasteiger partial charge in [0.1, 0.15) is 11.3 Å². The van der Waals surface area contributed by atoms with Crippen molar-refractivity contribution in [3.63, 3.8) is 0 Å². The van der Waals surface area contributed by atoms with E-state index >= 15 is 0 Å². The first-order valence-corrected chi connectivity index (χ1v) is 7.33. The lowest BCUT2D eigenvalue weighted by atomic mass is 10.1. The second kappa shape index (κ2) is 5.20. The van der Waals surface area contributed by atoms with Crippen LogP contribution < -0.4 is 0 Å². The summed E-state index contributed by atoms with van der Waals surface area (Å²) in [5.74, 6) is 0. The minimum atomic E-state index is 0.448. The fourth-order valence-corrected chi connectivity index (χ4v) is 2.64. The molecule has 0 fully saturated rings. The molecule has 0 bridgehead atoms. The Hall–Kier alpha value is -2.79. The van der Waals surface area contributed by atoms with Crippen molar-refractivity contribution < 1.29 is 0 Å². The minimum absolute atomic E-state index is 0.448. The van der Waals surface area contributed by atoms with Gasteiger partial charge in [-0.15, -0.1) is 0 Å². The van der Waals surface area contributed by atoms with Crippen molar-refractivity contribution in [3.05, 3.63) is 71.6 Å². The zero-order chi connectivity index (χ0) is 14.9. The van der Waals surface area contributed by atoms with Crippen LogP contribution in [0.3, 0.4) is 0 Å². The SMILES string of the molecule is S=c1ncc2c(-c3ccccc3)nn(-c3ccccc3)c2[nH]1. The lowest BCUT2D eigenvalue weighted by molar-refractivity contribution is 0.897. The number of benzene rings is 2. The number of H-pyrrole nitrogens is 1. The highest BCUT2D eigenvalue weighted by Gasteiger charge is 2.14. The Morgan fingerprint density at radius 1 is 0.909 bits per heavy atom. The van der Waals surface area contributed by atoms with E-state index in [0.717, 1.165) is 28.0 Å². The first-order chi connectivity index (χ1) is 10.8. The van der Waals surface area contributed by atoms with Crippen LogP contribution >= 0.6 is 12.2 Å². The smallest absolute Gasteiger partial charge is 0.198 e. The van der Waals surface area contributed by atoms with Crippen molar-refractivity contribution in [1.82, 2.24) is 19.7 Å². The second-order valence-corrected chi connectivity index (χ2v) is 5.30. The van der Waals surface area contributed by atoms with Gasteiger partial charge in [-0.25, -0.2) is 9.67 Å².